The summed E-state index contributed by atoms with van der Waals surface area (Å²) >= 11 is 9.16. The third-order valence-corrected chi connectivity index (χ3v) is 2.64. The van der Waals surface area contributed by atoms with Crippen molar-refractivity contribution in [2.45, 2.75) is 6.42 Å². The van der Waals surface area contributed by atoms with Gasteiger partial charge in [-0.1, -0.05) is 23.4 Å². The predicted octanol–water partition coefficient (Wildman–Crippen LogP) is 2.80. The van der Waals surface area contributed by atoms with Crippen LogP contribution in [0.15, 0.2) is 22.7 Å². The van der Waals surface area contributed by atoms with E-state index in [-0.39, 0.29) is 0 Å². The lowest BCUT2D eigenvalue weighted by Gasteiger charge is -1.95. The summed E-state index contributed by atoms with van der Waals surface area (Å²) in [5.74, 6) is 5.95. The van der Waals surface area contributed by atoms with Gasteiger partial charge in [0.2, 0.25) is 0 Å². The van der Waals surface area contributed by atoms with Gasteiger partial charge in [0.05, 0.1) is 5.02 Å². The van der Waals surface area contributed by atoms with E-state index in [1.807, 2.05) is 18.2 Å². The van der Waals surface area contributed by atoms with Crippen molar-refractivity contribution in [3.63, 3.8) is 0 Å². The van der Waals surface area contributed by atoms with Crippen molar-refractivity contribution in [3.8, 4) is 11.8 Å². The summed E-state index contributed by atoms with van der Waals surface area (Å²) in [6, 6.07) is 5.60. The molecule has 0 spiro atoms. The highest BCUT2D eigenvalue weighted by molar-refractivity contribution is 9.10. The second-order valence-corrected chi connectivity index (χ2v) is 3.73. The Hall–Kier alpha value is -0.490. The molecule has 0 atom stereocenters. The quantitative estimate of drug-likeness (QED) is 0.770. The molecule has 0 aliphatic heterocycles. The minimum absolute atomic E-state index is 0.599. The molecule has 0 amide bonds. The number of rotatable bonds is 1. The van der Waals surface area contributed by atoms with E-state index in [0.717, 1.165) is 16.5 Å². The number of hydrogen-bond acceptors (Lipinski definition) is 1. The summed E-state index contributed by atoms with van der Waals surface area (Å²) in [4.78, 5) is 0. The van der Waals surface area contributed by atoms with Crippen molar-refractivity contribution in [1.82, 2.24) is 0 Å². The van der Waals surface area contributed by atoms with Crippen LogP contribution in [0.3, 0.4) is 0 Å². The molecule has 0 unspecified atom stereocenters. The van der Waals surface area contributed by atoms with Gasteiger partial charge < -0.3 is 5.73 Å². The summed E-state index contributed by atoms with van der Waals surface area (Å²) in [5.41, 5.74) is 6.26. The molecule has 0 aromatic heterocycles. The first-order valence-corrected chi connectivity index (χ1v) is 5.05. The standard InChI is InChI=1S/C10H9BrClN/c11-9-7-8(3-1-2-6-13)4-5-10(9)12/h4-5,7H,2,6,13H2. The van der Waals surface area contributed by atoms with E-state index in [1.54, 1.807) is 0 Å². The smallest absolute Gasteiger partial charge is 0.0548 e. The molecule has 0 aliphatic rings. The highest BCUT2D eigenvalue weighted by atomic mass is 79.9. The van der Waals surface area contributed by atoms with E-state index in [1.165, 1.54) is 0 Å². The second-order valence-electron chi connectivity index (χ2n) is 2.47. The topological polar surface area (TPSA) is 26.0 Å². The van der Waals surface area contributed by atoms with Gasteiger partial charge in [0.1, 0.15) is 0 Å². The molecule has 0 bridgehead atoms. The molecule has 0 saturated carbocycles. The summed E-state index contributed by atoms with van der Waals surface area (Å²) in [7, 11) is 0. The van der Waals surface area contributed by atoms with Crippen LogP contribution in [0.25, 0.3) is 0 Å². The zero-order valence-electron chi connectivity index (χ0n) is 6.98. The zero-order valence-corrected chi connectivity index (χ0v) is 9.32. The predicted molar refractivity (Wildman–Crippen MR) is 59.7 cm³/mol. The Labute approximate surface area is 91.4 Å². The molecular weight excluding hydrogens is 249 g/mol. The second kappa shape index (κ2) is 5.29. The fourth-order valence-electron chi connectivity index (χ4n) is 0.811. The van der Waals surface area contributed by atoms with Crippen LogP contribution in [-0.4, -0.2) is 6.54 Å². The third kappa shape index (κ3) is 3.40. The minimum Gasteiger partial charge on any atom is -0.330 e. The van der Waals surface area contributed by atoms with Gasteiger partial charge in [-0.3, -0.25) is 0 Å². The van der Waals surface area contributed by atoms with E-state index in [9.17, 15) is 0 Å². The Balaban J connectivity index is 2.81. The molecule has 1 nitrogen and oxygen atoms in total. The lowest BCUT2D eigenvalue weighted by molar-refractivity contribution is 1.03. The molecule has 0 fully saturated rings. The normalized spacial score (nSPS) is 9.15. The van der Waals surface area contributed by atoms with Gasteiger partial charge in [-0.05, 0) is 34.1 Å². The fraction of sp³-hybridized carbons (Fsp3) is 0.200. The molecule has 0 saturated heterocycles. The van der Waals surface area contributed by atoms with E-state index >= 15 is 0 Å². The van der Waals surface area contributed by atoms with Crippen molar-refractivity contribution in [3.05, 3.63) is 33.3 Å². The number of nitrogens with two attached hydrogens (primary N) is 1. The highest BCUT2D eigenvalue weighted by Crippen LogP contribution is 2.22. The first-order valence-electron chi connectivity index (χ1n) is 3.88. The maximum atomic E-state index is 5.83. The van der Waals surface area contributed by atoms with Crippen LogP contribution in [0.2, 0.25) is 5.02 Å². The highest BCUT2D eigenvalue weighted by Gasteiger charge is 1.95. The van der Waals surface area contributed by atoms with Crippen LogP contribution in [0.4, 0.5) is 0 Å². The maximum Gasteiger partial charge on any atom is 0.0548 e. The minimum atomic E-state index is 0.599. The van der Waals surface area contributed by atoms with Gasteiger partial charge >= 0.3 is 0 Å². The van der Waals surface area contributed by atoms with Crippen molar-refractivity contribution in [2.24, 2.45) is 5.73 Å². The average Bonchev–Trinajstić information content (AvgIpc) is 2.12. The first kappa shape index (κ1) is 10.6. The summed E-state index contributed by atoms with van der Waals surface area (Å²) < 4.78 is 0.869. The number of hydrogen-bond donors (Lipinski definition) is 1. The maximum absolute atomic E-state index is 5.83. The monoisotopic (exact) mass is 257 g/mol. The first-order chi connectivity index (χ1) is 6.24. The Morgan fingerprint density at radius 3 is 2.85 bits per heavy atom. The lowest BCUT2D eigenvalue weighted by Crippen LogP contribution is -1.95. The zero-order chi connectivity index (χ0) is 9.68. The van der Waals surface area contributed by atoms with Gasteiger partial charge in [0.15, 0.2) is 0 Å². The molecule has 0 radical (unpaired) electrons. The molecule has 0 heterocycles. The van der Waals surface area contributed by atoms with Crippen molar-refractivity contribution < 1.29 is 0 Å². The van der Waals surface area contributed by atoms with Crippen molar-refractivity contribution >= 4 is 27.5 Å². The molecule has 2 N–H and O–H groups in total. The molecule has 0 aliphatic carbocycles. The Kier molecular flexibility index (Phi) is 4.31. The SMILES string of the molecule is NCCC#Cc1ccc(Cl)c(Br)c1. The third-order valence-electron chi connectivity index (χ3n) is 1.42. The summed E-state index contributed by atoms with van der Waals surface area (Å²) in [6.45, 7) is 0.599. The molecule has 1 aromatic carbocycles. The Morgan fingerprint density at radius 2 is 2.23 bits per heavy atom. The summed E-state index contributed by atoms with van der Waals surface area (Å²) in [5, 5.41) is 0.698. The van der Waals surface area contributed by atoms with Crippen LogP contribution in [0, 0.1) is 11.8 Å². The van der Waals surface area contributed by atoms with Crippen LogP contribution in [0.1, 0.15) is 12.0 Å². The number of benzene rings is 1. The van der Waals surface area contributed by atoms with Gasteiger partial charge in [0.25, 0.3) is 0 Å². The fourth-order valence-corrected chi connectivity index (χ4v) is 1.31. The molecule has 1 rings (SSSR count). The van der Waals surface area contributed by atoms with Crippen LogP contribution in [0.5, 0.6) is 0 Å². The largest absolute Gasteiger partial charge is 0.330 e. The lowest BCUT2D eigenvalue weighted by atomic mass is 10.2. The number of halogens is 2. The molecule has 68 valence electrons. The van der Waals surface area contributed by atoms with Crippen molar-refractivity contribution in [2.75, 3.05) is 6.54 Å². The van der Waals surface area contributed by atoms with Crippen LogP contribution < -0.4 is 5.73 Å². The van der Waals surface area contributed by atoms with Gasteiger partial charge in [0, 0.05) is 23.0 Å². The Morgan fingerprint density at radius 1 is 1.46 bits per heavy atom. The Bertz CT molecular complexity index is 352. The van der Waals surface area contributed by atoms with E-state index < -0.39 is 0 Å². The van der Waals surface area contributed by atoms with E-state index in [4.69, 9.17) is 17.3 Å². The molecular formula is C10H9BrClN. The average molecular weight is 259 g/mol. The van der Waals surface area contributed by atoms with Gasteiger partial charge in [-0.25, -0.2) is 0 Å². The van der Waals surface area contributed by atoms with Crippen LogP contribution >= 0.6 is 27.5 Å². The van der Waals surface area contributed by atoms with Gasteiger partial charge in [-0.15, -0.1) is 0 Å². The molecule has 3 heteroatoms. The van der Waals surface area contributed by atoms with E-state index in [2.05, 4.69) is 27.8 Å². The molecule has 1 aromatic rings. The van der Waals surface area contributed by atoms with Crippen LogP contribution in [-0.2, 0) is 0 Å². The molecule has 13 heavy (non-hydrogen) atoms. The van der Waals surface area contributed by atoms with Crippen molar-refractivity contribution in [1.29, 1.82) is 0 Å². The van der Waals surface area contributed by atoms with Gasteiger partial charge in [-0.2, -0.15) is 0 Å². The summed E-state index contributed by atoms with van der Waals surface area (Å²) in [6.07, 6.45) is 0.722. The van der Waals surface area contributed by atoms with E-state index in [0.29, 0.717) is 11.6 Å².